The molecule has 4 rings (SSSR count). The highest BCUT2D eigenvalue weighted by Gasteiger charge is 2.20. The van der Waals surface area contributed by atoms with E-state index in [4.69, 9.17) is 4.74 Å². The number of aromatic nitrogens is 3. The van der Waals surface area contributed by atoms with Gasteiger partial charge in [-0.2, -0.15) is 0 Å². The zero-order valence-electron chi connectivity index (χ0n) is 15.4. The monoisotopic (exact) mass is 393 g/mol. The van der Waals surface area contributed by atoms with Crippen LogP contribution in [0.4, 0.5) is 0 Å². The van der Waals surface area contributed by atoms with Crippen molar-refractivity contribution in [2.45, 2.75) is 18.4 Å². The second kappa shape index (κ2) is 7.09. The Morgan fingerprint density at radius 2 is 1.79 bits per heavy atom. The van der Waals surface area contributed by atoms with Crippen molar-refractivity contribution < 1.29 is 14.9 Å². The lowest BCUT2D eigenvalue weighted by molar-refractivity contribution is 0.420. The molecule has 0 saturated carbocycles. The maximum Gasteiger partial charge on any atom is 0.145 e. The Bertz CT molecular complexity index is 1190. The van der Waals surface area contributed by atoms with Crippen LogP contribution in [-0.4, -0.2) is 32.3 Å². The fraction of sp³-hybridized carbons (Fsp3) is 0.143. The van der Waals surface area contributed by atoms with Crippen LogP contribution in [0.3, 0.4) is 0 Å². The normalized spacial score (nSPS) is 11.1. The van der Waals surface area contributed by atoms with Gasteiger partial charge in [0.1, 0.15) is 33.7 Å². The van der Waals surface area contributed by atoms with E-state index >= 15 is 0 Å². The molecule has 7 heteroatoms. The summed E-state index contributed by atoms with van der Waals surface area (Å²) in [5, 5.41) is 31.1. The largest absolute Gasteiger partial charge is 0.508 e. The number of phenols is 2. The summed E-state index contributed by atoms with van der Waals surface area (Å²) in [6.07, 6.45) is 0.613. The Morgan fingerprint density at radius 3 is 2.54 bits per heavy atom. The number of aromatic hydroxyl groups is 2. The quantitative estimate of drug-likeness (QED) is 0.449. The third kappa shape index (κ3) is 2.84. The highest BCUT2D eigenvalue weighted by molar-refractivity contribution is 7.80. The molecule has 2 N–H and O–H groups in total. The lowest BCUT2D eigenvalue weighted by Crippen LogP contribution is -2.02. The van der Waals surface area contributed by atoms with Gasteiger partial charge in [0.15, 0.2) is 0 Å². The number of benzene rings is 3. The van der Waals surface area contributed by atoms with E-state index in [1.165, 1.54) is 6.07 Å². The second-order valence-electron chi connectivity index (χ2n) is 6.36. The van der Waals surface area contributed by atoms with Crippen molar-refractivity contribution >= 4 is 23.4 Å². The summed E-state index contributed by atoms with van der Waals surface area (Å²) in [6.45, 7) is 1.93. The minimum Gasteiger partial charge on any atom is -0.508 e. The predicted octanol–water partition coefficient (Wildman–Crippen LogP) is 4.36. The van der Waals surface area contributed by atoms with Crippen LogP contribution in [0.2, 0.25) is 0 Å². The number of rotatable bonds is 4. The summed E-state index contributed by atoms with van der Waals surface area (Å²) in [5.74, 6) is 0.721. The molecule has 0 spiro atoms. The van der Waals surface area contributed by atoms with Crippen molar-refractivity contribution in [2.75, 3.05) is 7.11 Å². The number of ether oxygens (including phenoxy) is 1. The Hall–Kier alpha value is -3.19. The van der Waals surface area contributed by atoms with Crippen molar-refractivity contribution in [3.05, 3.63) is 54.1 Å². The number of hydrogen-bond acceptors (Lipinski definition) is 6. The summed E-state index contributed by atoms with van der Waals surface area (Å²) in [4.78, 5) is 0. The molecule has 1 aromatic heterocycles. The number of aryl methyl sites for hydroxylation is 1. The van der Waals surface area contributed by atoms with E-state index in [1.54, 1.807) is 17.9 Å². The van der Waals surface area contributed by atoms with Gasteiger partial charge in [-0.25, -0.2) is 4.68 Å². The van der Waals surface area contributed by atoms with Crippen molar-refractivity contribution in [2.24, 2.45) is 0 Å². The number of phenolic OH excluding ortho intramolecular Hbond substituents is 2. The van der Waals surface area contributed by atoms with Crippen molar-refractivity contribution in [3.63, 3.8) is 0 Å². The predicted molar refractivity (Wildman–Crippen MR) is 111 cm³/mol. The van der Waals surface area contributed by atoms with Gasteiger partial charge in [-0.15, -0.1) is 17.7 Å². The Morgan fingerprint density at radius 1 is 1.04 bits per heavy atom. The molecule has 0 bridgehead atoms. The molecular formula is C21H19N3O3S. The maximum absolute atomic E-state index is 10.4. The zero-order chi connectivity index (χ0) is 19.8. The lowest BCUT2D eigenvalue weighted by atomic mass is 10.0. The van der Waals surface area contributed by atoms with Gasteiger partial charge in [0.05, 0.1) is 7.11 Å². The van der Waals surface area contributed by atoms with E-state index in [9.17, 15) is 10.2 Å². The minimum atomic E-state index is -0.0907. The van der Waals surface area contributed by atoms with E-state index in [2.05, 4.69) is 22.9 Å². The number of nitrogens with zero attached hydrogens (tertiary/aromatic N) is 3. The second-order valence-corrected chi connectivity index (χ2v) is 6.78. The molecular weight excluding hydrogens is 374 g/mol. The first kappa shape index (κ1) is 18.2. The van der Waals surface area contributed by atoms with E-state index in [0.29, 0.717) is 28.4 Å². The summed E-state index contributed by atoms with van der Waals surface area (Å²) >= 11 is 4.50. The Balaban J connectivity index is 2.01. The van der Waals surface area contributed by atoms with E-state index in [0.717, 1.165) is 22.1 Å². The van der Waals surface area contributed by atoms with Crippen LogP contribution in [0.5, 0.6) is 17.2 Å². The van der Waals surface area contributed by atoms with Crippen LogP contribution in [0.25, 0.3) is 27.7 Å². The first-order chi connectivity index (χ1) is 13.5. The van der Waals surface area contributed by atoms with Crippen LogP contribution in [0, 0.1) is 0 Å². The SMILES string of the molecule is CCc1cc(-n2nnc(S)c2-c2cccc3c(OC)cccc23)c(O)cc1O. The molecule has 0 radical (unpaired) electrons. The van der Waals surface area contributed by atoms with Gasteiger partial charge in [-0.1, -0.05) is 42.5 Å². The van der Waals surface area contributed by atoms with Crippen molar-refractivity contribution in [3.8, 4) is 34.2 Å². The number of methoxy groups -OCH3 is 1. The summed E-state index contributed by atoms with van der Waals surface area (Å²) in [6, 6.07) is 14.7. The first-order valence-corrected chi connectivity index (χ1v) is 9.25. The van der Waals surface area contributed by atoms with Gasteiger partial charge in [0, 0.05) is 17.0 Å². The van der Waals surface area contributed by atoms with Gasteiger partial charge < -0.3 is 14.9 Å². The van der Waals surface area contributed by atoms with Crippen LogP contribution in [-0.2, 0) is 6.42 Å². The van der Waals surface area contributed by atoms with Crippen LogP contribution < -0.4 is 4.74 Å². The molecule has 0 aliphatic rings. The highest BCUT2D eigenvalue weighted by atomic mass is 32.1. The first-order valence-electron chi connectivity index (χ1n) is 8.81. The third-order valence-corrected chi connectivity index (χ3v) is 5.10. The van der Waals surface area contributed by atoms with E-state index in [-0.39, 0.29) is 11.5 Å². The van der Waals surface area contributed by atoms with E-state index < -0.39 is 0 Å². The standard InChI is InChI=1S/C21H19N3O3S/c1-3-12-10-16(18(26)11-17(12)25)24-20(21(28)22-23-24)15-8-4-7-14-13(15)6-5-9-19(14)27-2/h4-11,25-26,28H,3H2,1-2H3. The van der Waals surface area contributed by atoms with Crippen LogP contribution in [0.1, 0.15) is 12.5 Å². The molecule has 0 aliphatic heterocycles. The molecule has 0 aliphatic carbocycles. The summed E-state index contributed by atoms with van der Waals surface area (Å²) in [5.41, 5.74) is 2.63. The maximum atomic E-state index is 10.4. The molecule has 0 amide bonds. The molecule has 28 heavy (non-hydrogen) atoms. The van der Waals surface area contributed by atoms with Crippen molar-refractivity contribution in [1.29, 1.82) is 0 Å². The Labute approximate surface area is 167 Å². The van der Waals surface area contributed by atoms with Crippen LogP contribution in [0.15, 0.2) is 53.6 Å². The summed E-state index contributed by atoms with van der Waals surface area (Å²) in [7, 11) is 1.64. The van der Waals surface area contributed by atoms with Crippen molar-refractivity contribution in [1.82, 2.24) is 15.0 Å². The highest BCUT2D eigenvalue weighted by Crippen LogP contribution is 2.38. The topological polar surface area (TPSA) is 80.4 Å². The molecule has 3 aromatic carbocycles. The molecule has 4 aromatic rings. The van der Waals surface area contributed by atoms with Crippen LogP contribution >= 0.6 is 12.6 Å². The third-order valence-electron chi connectivity index (χ3n) is 4.79. The minimum absolute atomic E-state index is 0.0476. The number of thiol groups is 1. The van der Waals surface area contributed by atoms with Gasteiger partial charge in [0.25, 0.3) is 0 Å². The number of fused-ring (bicyclic) bond motifs is 1. The van der Waals surface area contributed by atoms with Gasteiger partial charge in [-0.3, -0.25) is 0 Å². The van der Waals surface area contributed by atoms with Gasteiger partial charge in [-0.05, 0) is 29.5 Å². The average molecular weight is 393 g/mol. The smallest absolute Gasteiger partial charge is 0.145 e. The molecule has 0 unspecified atom stereocenters. The fourth-order valence-corrected chi connectivity index (χ4v) is 3.66. The lowest BCUT2D eigenvalue weighted by Gasteiger charge is -2.14. The average Bonchev–Trinajstić information content (AvgIpc) is 3.08. The van der Waals surface area contributed by atoms with Gasteiger partial charge in [0.2, 0.25) is 0 Å². The fourth-order valence-electron chi connectivity index (χ4n) is 3.40. The summed E-state index contributed by atoms with van der Waals surface area (Å²) < 4.78 is 7.03. The molecule has 0 saturated heterocycles. The molecule has 1 heterocycles. The molecule has 6 nitrogen and oxygen atoms in total. The molecule has 142 valence electrons. The van der Waals surface area contributed by atoms with Gasteiger partial charge >= 0.3 is 0 Å². The molecule has 0 fully saturated rings. The zero-order valence-corrected chi connectivity index (χ0v) is 16.3. The molecule has 0 atom stereocenters. The Kier molecular flexibility index (Phi) is 4.60. The number of hydrogen-bond donors (Lipinski definition) is 3. The van der Waals surface area contributed by atoms with E-state index in [1.807, 2.05) is 43.3 Å².